The molecule has 1 saturated carbocycles. The van der Waals surface area contributed by atoms with Crippen LogP contribution in [0.4, 0.5) is 0 Å². The van der Waals surface area contributed by atoms with Crippen LogP contribution in [0, 0.1) is 5.41 Å². The Morgan fingerprint density at radius 1 is 1.24 bits per heavy atom. The third-order valence-corrected chi connectivity index (χ3v) is 4.26. The number of methoxy groups -OCH3 is 1. The molecule has 17 heavy (non-hydrogen) atoms. The quantitative estimate of drug-likeness (QED) is 0.784. The second-order valence-corrected chi connectivity index (χ2v) is 5.40. The van der Waals surface area contributed by atoms with E-state index >= 15 is 0 Å². The van der Waals surface area contributed by atoms with E-state index < -0.39 is 5.41 Å². The van der Waals surface area contributed by atoms with E-state index in [-0.39, 0.29) is 5.97 Å². The number of hydrogen-bond donors (Lipinski definition) is 1. The van der Waals surface area contributed by atoms with Crippen molar-refractivity contribution in [3.63, 3.8) is 0 Å². The highest BCUT2D eigenvalue weighted by atomic mass is 16.5. The summed E-state index contributed by atoms with van der Waals surface area (Å²) in [5.74, 6) is -0.0822. The summed E-state index contributed by atoms with van der Waals surface area (Å²) in [5, 5.41) is 3.30. The van der Waals surface area contributed by atoms with Crippen molar-refractivity contribution >= 4 is 5.97 Å². The van der Waals surface area contributed by atoms with Gasteiger partial charge in [0.25, 0.3) is 0 Å². The predicted molar refractivity (Wildman–Crippen MR) is 64.7 cm³/mol. The summed E-state index contributed by atoms with van der Waals surface area (Å²) < 4.78 is 5.01. The lowest BCUT2D eigenvalue weighted by Crippen LogP contribution is -2.67. The maximum absolute atomic E-state index is 12.1. The van der Waals surface area contributed by atoms with E-state index in [2.05, 4.69) is 5.32 Å². The van der Waals surface area contributed by atoms with Crippen LogP contribution in [0.1, 0.15) is 18.4 Å². The van der Waals surface area contributed by atoms with Crippen molar-refractivity contribution in [1.29, 1.82) is 0 Å². The number of ether oxygens (including phenoxy) is 1. The van der Waals surface area contributed by atoms with Crippen LogP contribution >= 0.6 is 0 Å². The van der Waals surface area contributed by atoms with Gasteiger partial charge >= 0.3 is 5.97 Å². The molecule has 0 amide bonds. The molecule has 0 bridgehead atoms. The number of benzene rings is 1. The Morgan fingerprint density at radius 3 is 2.35 bits per heavy atom. The Hall–Kier alpha value is -1.35. The molecule has 1 spiro atoms. The van der Waals surface area contributed by atoms with Gasteiger partial charge in [-0.3, -0.25) is 4.79 Å². The van der Waals surface area contributed by atoms with E-state index in [0.29, 0.717) is 5.41 Å². The fourth-order valence-electron chi connectivity index (χ4n) is 3.38. The van der Waals surface area contributed by atoms with E-state index in [0.717, 1.165) is 31.5 Å². The minimum absolute atomic E-state index is 0.0822. The van der Waals surface area contributed by atoms with Gasteiger partial charge in [-0.2, -0.15) is 0 Å². The average molecular weight is 231 g/mol. The van der Waals surface area contributed by atoms with Crippen molar-refractivity contribution < 1.29 is 9.53 Å². The van der Waals surface area contributed by atoms with Gasteiger partial charge < -0.3 is 10.1 Å². The first kappa shape index (κ1) is 10.8. The second-order valence-electron chi connectivity index (χ2n) is 5.40. The van der Waals surface area contributed by atoms with Gasteiger partial charge in [-0.15, -0.1) is 0 Å². The lowest BCUT2D eigenvalue weighted by Gasteiger charge is -2.59. The van der Waals surface area contributed by atoms with E-state index in [1.165, 1.54) is 7.11 Å². The second kappa shape index (κ2) is 3.57. The van der Waals surface area contributed by atoms with Crippen LogP contribution in [0.25, 0.3) is 0 Å². The Morgan fingerprint density at radius 2 is 1.88 bits per heavy atom. The van der Waals surface area contributed by atoms with Gasteiger partial charge in [0.05, 0.1) is 12.5 Å². The Kier molecular flexibility index (Phi) is 2.26. The third-order valence-electron chi connectivity index (χ3n) is 4.26. The Labute approximate surface area is 101 Å². The van der Waals surface area contributed by atoms with E-state index in [1.54, 1.807) is 0 Å². The molecule has 3 heteroatoms. The summed E-state index contributed by atoms with van der Waals surface area (Å²) in [6.45, 7) is 2.08. The average Bonchev–Trinajstić information content (AvgIpc) is 2.27. The molecule has 1 aromatic rings. The number of carbonyl (C=O) groups is 1. The summed E-state index contributed by atoms with van der Waals surface area (Å²) in [6, 6.07) is 10.0. The zero-order valence-corrected chi connectivity index (χ0v) is 10.0. The molecule has 1 heterocycles. The van der Waals surface area contributed by atoms with Gasteiger partial charge in [0.2, 0.25) is 0 Å². The number of esters is 1. The topological polar surface area (TPSA) is 38.3 Å². The van der Waals surface area contributed by atoms with Crippen molar-refractivity contribution in [3.8, 4) is 0 Å². The van der Waals surface area contributed by atoms with Crippen LogP contribution in [-0.2, 0) is 14.9 Å². The predicted octanol–water partition coefficient (Wildman–Crippen LogP) is 1.48. The zero-order chi connectivity index (χ0) is 11.9. The minimum Gasteiger partial charge on any atom is -0.468 e. The maximum atomic E-state index is 12.1. The monoisotopic (exact) mass is 231 g/mol. The van der Waals surface area contributed by atoms with Crippen LogP contribution in [0.15, 0.2) is 30.3 Å². The van der Waals surface area contributed by atoms with Gasteiger partial charge in [0.1, 0.15) is 0 Å². The fourth-order valence-corrected chi connectivity index (χ4v) is 3.38. The van der Waals surface area contributed by atoms with Crippen molar-refractivity contribution in [1.82, 2.24) is 5.32 Å². The highest BCUT2D eigenvalue weighted by molar-refractivity contribution is 5.85. The lowest BCUT2D eigenvalue weighted by molar-refractivity contribution is -0.161. The zero-order valence-electron chi connectivity index (χ0n) is 10.0. The molecule has 0 atom stereocenters. The summed E-state index contributed by atoms with van der Waals surface area (Å²) in [4.78, 5) is 12.1. The van der Waals surface area contributed by atoms with Crippen LogP contribution in [0.5, 0.6) is 0 Å². The molecule has 0 unspecified atom stereocenters. The molecule has 2 aliphatic rings. The molecule has 1 aliphatic carbocycles. The Bertz CT molecular complexity index is 429. The summed E-state index contributed by atoms with van der Waals surface area (Å²) in [5.41, 5.74) is 1.06. The van der Waals surface area contributed by atoms with E-state index in [9.17, 15) is 4.79 Å². The molecule has 3 rings (SSSR count). The fraction of sp³-hybridized carbons (Fsp3) is 0.500. The largest absolute Gasteiger partial charge is 0.468 e. The molecule has 1 aliphatic heterocycles. The van der Waals surface area contributed by atoms with Crippen molar-refractivity contribution in [2.45, 2.75) is 18.3 Å². The van der Waals surface area contributed by atoms with Gasteiger partial charge in [0, 0.05) is 13.1 Å². The van der Waals surface area contributed by atoms with Gasteiger partial charge in [0.15, 0.2) is 0 Å². The molecule has 1 N–H and O–H groups in total. The number of nitrogens with one attached hydrogen (secondary N) is 1. The van der Waals surface area contributed by atoms with Gasteiger partial charge in [-0.25, -0.2) is 0 Å². The molecule has 0 aromatic heterocycles. The van der Waals surface area contributed by atoms with Gasteiger partial charge in [-0.1, -0.05) is 30.3 Å². The molecular formula is C14H17NO2. The highest BCUT2D eigenvalue weighted by Crippen LogP contribution is 2.58. The molecule has 1 saturated heterocycles. The molecular weight excluding hydrogens is 214 g/mol. The third kappa shape index (κ3) is 1.42. The smallest absolute Gasteiger partial charge is 0.316 e. The molecule has 0 radical (unpaired) electrons. The van der Waals surface area contributed by atoms with Crippen molar-refractivity contribution in [2.75, 3.05) is 20.2 Å². The van der Waals surface area contributed by atoms with E-state index in [4.69, 9.17) is 4.74 Å². The van der Waals surface area contributed by atoms with E-state index in [1.807, 2.05) is 30.3 Å². The number of rotatable bonds is 2. The van der Waals surface area contributed by atoms with Crippen LogP contribution in [0.2, 0.25) is 0 Å². The highest BCUT2D eigenvalue weighted by Gasteiger charge is 2.62. The normalized spacial score (nSPS) is 23.6. The molecule has 90 valence electrons. The minimum atomic E-state index is -0.391. The van der Waals surface area contributed by atoms with Crippen molar-refractivity contribution in [2.24, 2.45) is 5.41 Å². The molecule has 2 fully saturated rings. The number of carbonyl (C=O) groups excluding carboxylic acids is 1. The first-order chi connectivity index (χ1) is 8.21. The molecule has 1 aromatic carbocycles. The molecule has 3 nitrogen and oxygen atoms in total. The SMILES string of the molecule is COC(=O)C1(c2ccccc2)CC2(CNC2)C1. The van der Waals surface area contributed by atoms with Gasteiger partial charge in [-0.05, 0) is 23.8 Å². The van der Waals surface area contributed by atoms with Crippen LogP contribution in [-0.4, -0.2) is 26.2 Å². The lowest BCUT2D eigenvalue weighted by atomic mass is 9.48. The first-order valence-electron chi connectivity index (χ1n) is 6.06. The van der Waals surface area contributed by atoms with Crippen LogP contribution in [0.3, 0.4) is 0 Å². The van der Waals surface area contributed by atoms with Crippen LogP contribution < -0.4 is 5.32 Å². The van der Waals surface area contributed by atoms with Crippen molar-refractivity contribution in [3.05, 3.63) is 35.9 Å². The summed E-state index contributed by atoms with van der Waals surface area (Å²) >= 11 is 0. The summed E-state index contributed by atoms with van der Waals surface area (Å²) in [7, 11) is 1.48. The maximum Gasteiger partial charge on any atom is 0.316 e. The first-order valence-corrected chi connectivity index (χ1v) is 6.06. The summed E-state index contributed by atoms with van der Waals surface area (Å²) in [6.07, 6.45) is 1.84. The standard InChI is InChI=1S/C14H17NO2/c1-17-12(16)14(11-5-3-2-4-6-11)7-13(8-14)9-15-10-13/h2-6,15H,7-10H2,1H3. The number of hydrogen-bond acceptors (Lipinski definition) is 3. The Balaban J connectivity index is 1.92.